The Morgan fingerprint density at radius 1 is 1.03 bits per heavy atom. The number of ketones is 1. The lowest BCUT2D eigenvalue weighted by molar-refractivity contribution is -0.943. The second-order valence-electron chi connectivity index (χ2n) is 11.9. The quantitative estimate of drug-likeness (QED) is 0.554. The Bertz CT molecular complexity index is 1110. The molecule has 2 aliphatic rings. The molecule has 2 aromatic rings. The summed E-state index contributed by atoms with van der Waals surface area (Å²) in [7, 11) is 0. The second-order valence-corrected chi connectivity index (χ2v) is 11.9. The summed E-state index contributed by atoms with van der Waals surface area (Å²) >= 11 is 0. The molecule has 2 aromatic carbocycles. The molecule has 0 radical (unpaired) electrons. The molecule has 1 unspecified atom stereocenters. The van der Waals surface area contributed by atoms with Crippen molar-refractivity contribution in [3.8, 4) is 0 Å². The van der Waals surface area contributed by atoms with Gasteiger partial charge in [-0.25, -0.2) is 4.39 Å². The van der Waals surface area contributed by atoms with Crippen LogP contribution in [-0.2, 0) is 11.3 Å². The number of quaternary nitrogens is 1. The lowest BCUT2D eigenvalue weighted by Gasteiger charge is -2.55. The van der Waals surface area contributed by atoms with Crippen LogP contribution in [0, 0.1) is 11.7 Å². The van der Waals surface area contributed by atoms with E-state index in [9.17, 15) is 19.1 Å². The monoisotopic (exact) mass is 524 g/mol. The van der Waals surface area contributed by atoms with Crippen LogP contribution >= 0.6 is 0 Å². The molecule has 206 valence electrons. The zero-order valence-corrected chi connectivity index (χ0v) is 23.1. The van der Waals surface area contributed by atoms with E-state index in [4.69, 9.17) is 0 Å². The molecule has 0 bridgehead atoms. The van der Waals surface area contributed by atoms with Gasteiger partial charge < -0.3 is 20.1 Å². The number of rotatable bonds is 7. The Morgan fingerprint density at radius 2 is 1.66 bits per heavy atom. The maximum absolute atomic E-state index is 13.2. The maximum atomic E-state index is 13.2. The Morgan fingerprint density at radius 3 is 2.21 bits per heavy atom. The molecule has 4 rings (SSSR count). The lowest BCUT2D eigenvalue weighted by atomic mass is 9.92. The molecule has 0 saturated carbocycles. The van der Waals surface area contributed by atoms with Crippen molar-refractivity contribution in [2.75, 3.05) is 49.5 Å². The minimum Gasteiger partial charge on any atom is -0.498 e. The number of nitrogens with zero attached hydrogens (tertiary/aromatic N) is 3. The van der Waals surface area contributed by atoms with Crippen molar-refractivity contribution in [3.05, 3.63) is 59.9 Å². The van der Waals surface area contributed by atoms with E-state index in [-0.39, 0.29) is 28.0 Å². The lowest BCUT2D eigenvalue weighted by Crippen LogP contribution is -2.76. The molecule has 2 aliphatic heterocycles. The first-order valence-corrected chi connectivity index (χ1v) is 13.7. The summed E-state index contributed by atoms with van der Waals surface area (Å²) in [6.45, 7) is 12.5. The van der Waals surface area contributed by atoms with Crippen LogP contribution in [0.4, 0.5) is 20.6 Å². The smallest absolute Gasteiger partial charge is 0.258 e. The van der Waals surface area contributed by atoms with Crippen molar-refractivity contribution >= 4 is 23.3 Å². The first-order valence-electron chi connectivity index (χ1n) is 13.7. The van der Waals surface area contributed by atoms with E-state index in [0.29, 0.717) is 26.2 Å². The van der Waals surface area contributed by atoms with Crippen LogP contribution in [0.1, 0.15) is 46.1 Å². The average Bonchev–Trinajstić information content (AvgIpc) is 2.88. The highest BCUT2D eigenvalue weighted by molar-refractivity contribution is 5.85. The van der Waals surface area contributed by atoms with Gasteiger partial charge in [0.2, 0.25) is 0 Å². The van der Waals surface area contributed by atoms with E-state index in [0.717, 1.165) is 49.4 Å². The molecular weight excluding hydrogens is 483 g/mol. The van der Waals surface area contributed by atoms with E-state index in [1.807, 2.05) is 39.8 Å². The molecule has 1 N–H and O–H groups in total. The highest BCUT2D eigenvalue weighted by Gasteiger charge is 2.49. The topological polar surface area (TPSA) is 75.7 Å². The molecule has 2 atom stereocenters. The van der Waals surface area contributed by atoms with Crippen LogP contribution < -0.4 is 15.3 Å². The van der Waals surface area contributed by atoms with Gasteiger partial charge in [0.1, 0.15) is 11.9 Å². The zero-order valence-electron chi connectivity index (χ0n) is 23.1. The fourth-order valence-corrected chi connectivity index (χ4v) is 6.24. The highest BCUT2D eigenvalue weighted by atomic mass is 19.1. The third-order valence-electron chi connectivity index (χ3n) is 8.54. The number of hydrogen-bond acceptors (Lipinski definition) is 6. The number of carbonyl (C=O) groups is 2. The van der Waals surface area contributed by atoms with Gasteiger partial charge in [-0.3, -0.25) is 14.2 Å². The van der Waals surface area contributed by atoms with Crippen LogP contribution in [0.25, 0.3) is 0 Å². The third kappa shape index (κ3) is 6.02. The van der Waals surface area contributed by atoms with E-state index < -0.39 is 11.6 Å². The second kappa shape index (κ2) is 11.4. The largest absolute Gasteiger partial charge is 0.498 e. The van der Waals surface area contributed by atoms with Crippen LogP contribution in [0.2, 0.25) is 0 Å². The van der Waals surface area contributed by atoms with Crippen molar-refractivity contribution in [1.82, 2.24) is 4.90 Å². The summed E-state index contributed by atoms with van der Waals surface area (Å²) in [4.78, 5) is 29.4. The van der Waals surface area contributed by atoms with Gasteiger partial charge in [0.15, 0.2) is 5.78 Å². The maximum Gasteiger partial charge on any atom is 0.258 e. The molecule has 2 fully saturated rings. The number of piperidine rings is 1. The summed E-state index contributed by atoms with van der Waals surface area (Å²) in [5.41, 5.74) is 2.65. The molecule has 2 saturated heterocycles. The fraction of sp³-hybridized carbons (Fsp3) is 0.533. The fourth-order valence-electron chi connectivity index (χ4n) is 6.24. The number of anilines is 2. The average molecular weight is 525 g/mol. The van der Waals surface area contributed by atoms with Gasteiger partial charge in [0.05, 0.1) is 25.2 Å². The summed E-state index contributed by atoms with van der Waals surface area (Å²) < 4.78 is 13.2. The molecule has 2 heterocycles. The first-order chi connectivity index (χ1) is 18.0. The van der Waals surface area contributed by atoms with Crippen LogP contribution in [-0.4, -0.2) is 72.1 Å². The Balaban J connectivity index is 1.23. The molecule has 38 heavy (non-hydrogen) atoms. The first kappa shape index (κ1) is 28.0. The van der Waals surface area contributed by atoms with Gasteiger partial charge >= 0.3 is 0 Å². The number of carboxylic acid groups (broad SMARTS) is 1. The predicted octanol–water partition coefficient (Wildman–Crippen LogP) is 3.89. The number of carbonyl (C=O) groups excluding carboxylic acids is 2. The van der Waals surface area contributed by atoms with E-state index >= 15 is 0 Å². The molecule has 0 aromatic heterocycles. The van der Waals surface area contributed by atoms with Crippen molar-refractivity contribution < 1.29 is 23.6 Å². The number of nitrogens with one attached hydrogen (secondary N) is 1. The molecule has 0 spiro atoms. The number of hydrogen-bond donors (Lipinski definition) is 1. The standard InChI is InChI=1S/C30H41FN4O3/c1-22-20-33(17-18-35(22,29(37)38)30(2,3)4)21-23-5-9-26(10-6-23)32-19-28(36)24-13-15-34(16-14-24)27-11-7-25(31)8-12-27/h5-12,22,24,32H,13-21H2,1-4H3/t22-,35?/m0/s1. The molecular formula is C30H41FN4O3. The number of piperazine rings is 1. The molecule has 8 heteroatoms. The van der Waals surface area contributed by atoms with Crippen molar-refractivity contribution in [2.45, 2.75) is 58.7 Å². The highest BCUT2D eigenvalue weighted by Crippen LogP contribution is 2.32. The number of halogens is 1. The Hall–Kier alpha value is -2.97. The molecule has 7 nitrogen and oxygen atoms in total. The minimum absolute atomic E-state index is 0.0222. The van der Waals surface area contributed by atoms with Crippen molar-refractivity contribution in [1.29, 1.82) is 0 Å². The molecule has 0 aliphatic carbocycles. The summed E-state index contributed by atoms with van der Waals surface area (Å²) in [5.74, 6) is 0.0294. The summed E-state index contributed by atoms with van der Waals surface area (Å²) in [6.07, 6.45) is 0.615. The van der Waals surface area contributed by atoms with Gasteiger partial charge in [-0.2, -0.15) is 0 Å². The van der Waals surface area contributed by atoms with Crippen LogP contribution in [0.3, 0.4) is 0 Å². The number of amides is 1. The van der Waals surface area contributed by atoms with Gasteiger partial charge in [-0.15, -0.1) is 0 Å². The Labute approximate surface area is 225 Å². The normalized spacial score (nSPS) is 23.3. The SMILES string of the molecule is C[C@H]1CN(Cc2ccc(NCC(=O)C3CCN(c4ccc(F)cc4)CC3)cc2)CC[N+]1(C(=O)[O-])C(C)(C)C. The van der Waals surface area contributed by atoms with E-state index in [1.165, 1.54) is 12.1 Å². The van der Waals surface area contributed by atoms with Gasteiger partial charge in [-0.05, 0) is 82.5 Å². The van der Waals surface area contributed by atoms with E-state index in [1.54, 1.807) is 12.1 Å². The van der Waals surface area contributed by atoms with E-state index in [2.05, 4.69) is 27.2 Å². The van der Waals surface area contributed by atoms with Crippen LogP contribution in [0.15, 0.2) is 48.5 Å². The minimum atomic E-state index is -0.993. The predicted molar refractivity (Wildman–Crippen MR) is 146 cm³/mol. The zero-order chi connectivity index (χ0) is 27.5. The van der Waals surface area contributed by atoms with Crippen molar-refractivity contribution in [3.63, 3.8) is 0 Å². The Kier molecular flexibility index (Phi) is 8.43. The summed E-state index contributed by atoms with van der Waals surface area (Å²) in [5, 5.41) is 15.4. The third-order valence-corrected chi connectivity index (χ3v) is 8.54. The summed E-state index contributed by atoms with van der Waals surface area (Å²) in [6, 6.07) is 14.6. The van der Waals surface area contributed by atoms with Gasteiger partial charge in [0, 0.05) is 43.5 Å². The van der Waals surface area contributed by atoms with Gasteiger partial charge in [0.25, 0.3) is 6.09 Å². The van der Waals surface area contributed by atoms with Crippen molar-refractivity contribution in [2.24, 2.45) is 5.92 Å². The van der Waals surface area contributed by atoms with Gasteiger partial charge in [-0.1, -0.05) is 12.1 Å². The number of benzene rings is 2. The van der Waals surface area contributed by atoms with Crippen LogP contribution in [0.5, 0.6) is 0 Å². The number of Topliss-reactive ketones (excluding diaryl/α,β-unsaturated/α-hetero) is 1. The molecule has 1 amide bonds.